The van der Waals surface area contributed by atoms with Gasteiger partial charge in [0.1, 0.15) is 5.75 Å². The number of hydrogen-bond donors (Lipinski definition) is 0. The molecule has 0 unspecified atom stereocenters. The summed E-state index contributed by atoms with van der Waals surface area (Å²) in [6.07, 6.45) is 0. The maximum Gasteiger partial charge on any atom is 0.127 e. The lowest BCUT2D eigenvalue weighted by Gasteiger charge is -2.10. The van der Waals surface area contributed by atoms with Crippen LogP contribution in [0.5, 0.6) is 5.75 Å². The smallest absolute Gasteiger partial charge is 0.127 e. The van der Waals surface area contributed by atoms with Gasteiger partial charge in [0.05, 0.1) is 29.0 Å². The van der Waals surface area contributed by atoms with Crippen LogP contribution in [0.1, 0.15) is 5.69 Å². The van der Waals surface area contributed by atoms with Crippen molar-refractivity contribution in [2.75, 3.05) is 7.11 Å². The van der Waals surface area contributed by atoms with Crippen molar-refractivity contribution >= 4 is 44.9 Å². The van der Waals surface area contributed by atoms with Crippen LogP contribution in [0.2, 0.25) is 10.0 Å². The topological polar surface area (TPSA) is 27.1 Å². The third-order valence-corrected chi connectivity index (χ3v) is 4.73. The Morgan fingerprint density at radius 1 is 0.958 bits per heavy atom. The van der Waals surface area contributed by atoms with Crippen molar-refractivity contribution in [3.63, 3.8) is 0 Å². The zero-order valence-electron chi connectivity index (χ0n) is 13.2. The second-order valence-corrected chi connectivity index (χ2v) is 6.46. The Labute approximate surface area is 149 Å². The molecule has 120 valence electrons. The predicted octanol–water partition coefficient (Wildman–Crippen LogP) is 5.80. The summed E-state index contributed by atoms with van der Waals surface area (Å²) >= 11 is 12.4. The maximum absolute atomic E-state index is 6.41. The molecule has 4 aromatic rings. The highest BCUT2D eigenvalue weighted by Crippen LogP contribution is 2.37. The fraction of sp³-hybridized carbons (Fsp3) is 0.105. The molecule has 0 aliphatic carbocycles. The Morgan fingerprint density at radius 2 is 1.71 bits per heavy atom. The fourth-order valence-electron chi connectivity index (χ4n) is 3.08. The molecule has 0 atom stereocenters. The first kappa shape index (κ1) is 15.3. The molecule has 0 aliphatic heterocycles. The first-order valence-corrected chi connectivity index (χ1v) is 8.26. The van der Waals surface area contributed by atoms with E-state index < -0.39 is 0 Å². The second-order valence-electron chi connectivity index (χ2n) is 5.61. The molecular weight excluding hydrogens is 343 g/mol. The molecule has 0 fully saturated rings. The molecular formula is C19H14Cl2N2O. The normalized spacial score (nSPS) is 11.3. The molecule has 0 bridgehead atoms. The molecule has 0 saturated carbocycles. The van der Waals surface area contributed by atoms with Gasteiger partial charge in [0.2, 0.25) is 0 Å². The van der Waals surface area contributed by atoms with Crippen molar-refractivity contribution in [2.24, 2.45) is 0 Å². The van der Waals surface area contributed by atoms with Gasteiger partial charge < -0.3 is 4.74 Å². The third kappa shape index (κ3) is 2.24. The summed E-state index contributed by atoms with van der Waals surface area (Å²) in [5.41, 5.74) is 2.72. The van der Waals surface area contributed by atoms with Crippen molar-refractivity contribution in [2.45, 2.75) is 6.92 Å². The molecule has 0 spiro atoms. The monoisotopic (exact) mass is 356 g/mol. The van der Waals surface area contributed by atoms with E-state index >= 15 is 0 Å². The summed E-state index contributed by atoms with van der Waals surface area (Å²) in [4.78, 5) is 0. The summed E-state index contributed by atoms with van der Waals surface area (Å²) in [5.74, 6) is 0.836. The summed E-state index contributed by atoms with van der Waals surface area (Å²) in [6.45, 7) is 1.98. The van der Waals surface area contributed by atoms with E-state index in [9.17, 15) is 0 Å². The lowest BCUT2D eigenvalue weighted by atomic mass is 10.0. The van der Waals surface area contributed by atoms with Gasteiger partial charge >= 0.3 is 0 Å². The number of methoxy groups -OCH3 is 1. The van der Waals surface area contributed by atoms with E-state index in [4.69, 9.17) is 33.0 Å². The number of hydrogen-bond acceptors (Lipinski definition) is 2. The van der Waals surface area contributed by atoms with Crippen LogP contribution in [-0.2, 0) is 0 Å². The molecule has 0 amide bonds. The summed E-state index contributed by atoms with van der Waals surface area (Å²) in [7, 11) is 1.68. The lowest BCUT2D eigenvalue weighted by Crippen LogP contribution is -1.98. The summed E-state index contributed by atoms with van der Waals surface area (Å²) < 4.78 is 7.44. The van der Waals surface area contributed by atoms with E-state index in [-0.39, 0.29) is 0 Å². The molecule has 0 N–H and O–H groups in total. The molecule has 0 saturated heterocycles. The minimum absolute atomic E-state index is 0.562. The number of aryl methyl sites for hydroxylation is 1. The van der Waals surface area contributed by atoms with Gasteiger partial charge in [0.15, 0.2) is 0 Å². The molecule has 4 rings (SSSR count). The van der Waals surface area contributed by atoms with Gasteiger partial charge in [-0.1, -0.05) is 47.5 Å². The molecule has 1 heterocycles. The minimum Gasteiger partial charge on any atom is -0.496 e. The number of benzene rings is 3. The van der Waals surface area contributed by atoms with Crippen molar-refractivity contribution in [3.05, 3.63) is 64.3 Å². The van der Waals surface area contributed by atoms with E-state index in [1.807, 2.05) is 48.0 Å². The quantitative estimate of drug-likeness (QED) is 0.453. The van der Waals surface area contributed by atoms with Gasteiger partial charge in [-0.05, 0) is 31.2 Å². The average Bonchev–Trinajstić information content (AvgIpc) is 2.91. The number of ether oxygens (including phenoxy) is 1. The fourth-order valence-corrected chi connectivity index (χ4v) is 3.57. The Morgan fingerprint density at radius 3 is 2.42 bits per heavy atom. The molecule has 1 aromatic heterocycles. The number of nitrogens with zero attached hydrogens (tertiary/aromatic N) is 2. The van der Waals surface area contributed by atoms with E-state index in [1.54, 1.807) is 13.2 Å². The zero-order chi connectivity index (χ0) is 16.8. The Kier molecular flexibility index (Phi) is 3.63. The number of fused-ring (bicyclic) bond motifs is 3. The minimum atomic E-state index is 0.562. The SMILES string of the molecule is COc1cc2c(C)nn(-c3ccc(Cl)cc3Cl)c2c2ccccc12. The van der Waals surface area contributed by atoms with Gasteiger partial charge in [0.25, 0.3) is 0 Å². The van der Waals surface area contributed by atoms with E-state index in [1.165, 1.54) is 0 Å². The van der Waals surface area contributed by atoms with Gasteiger partial charge in [0, 0.05) is 21.2 Å². The lowest BCUT2D eigenvalue weighted by molar-refractivity contribution is 0.420. The van der Waals surface area contributed by atoms with Crippen LogP contribution < -0.4 is 4.74 Å². The Balaban J connectivity index is 2.17. The highest BCUT2D eigenvalue weighted by atomic mass is 35.5. The number of aromatic nitrogens is 2. The van der Waals surface area contributed by atoms with Crippen LogP contribution in [0, 0.1) is 6.92 Å². The Hall–Kier alpha value is -2.23. The maximum atomic E-state index is 6.41. The molecule has 3 nitrogen and oxygen atoms in total. The second kappa shape index (κ2) is 5.69. The van der Waals surface area contributed by atoms with Crippen LogP contribution in [0.4, 0.5) is 0 Å². The van der Waals surface area contributed by atoms with Crippen molar-refractivity contribution in [1.82, 2.24) is 9.78 Å². The summed E-state index contributed by atoms with van der Waals surface area (Å²) in [5, 5.41) is 9.02. The number of rotatable bonds is 2. The number of halogens is 2. The van der Waals surface area contributed by atoms with Crippen LogP contribution in [0.15, 0.2) is 48.5 Å². The zero-order valence-corrected chi connectivity index (χ0v) is 14.7. The average molecular weight is 357 g/mol. The first-order chi connectivity index (χ1) is 11.6. The van der Waals surface area contributed by atoms with Gasteiger partial charge in [-0.2, -0.15) is 5.10 Å². The van der Waals surface area contributed by atoms with Crippen molar-refractivity contribution < 1.29 is 4.74 Å². The highest BCUT2D eigenvalue weighted by Gasteiger charge is 2.17. The standard InChI is InChI=1S/C19H14Cl2N2O/c1-11-15-10-18(24-2)13-5-3-4-6-14(13)19(15)23(22-11)17-8-7-12(20)9-16(17)21/h3-10H,1-2H3. The van der Waals surface area contributed by atoms with Crippen molar-refractivity contribution in [1.29, 1.82) is 0 Å². The Bertz CT molecular complexity index is 1090. The van der Waals surface area contributed by atoms with Gasteiger partial charge in [-0.3, -0.25) is 0 Å². The molecule has 0 aliphatic rings. The highest BCUT2D eigenvalue weighted by molar-refractivity contribution is 6.35. The van der Waals surface area contributed by atoms with Crippen LogP contribution >= 0.6 is 23.2 Å². The van der Waals surface area contributed by atoms with E-state index in [0.29, 0.717) is 10.0 Å². The third-order valence-electron chi connectivity index (χ3n) is 4.19. The van der Waals surface area contributed by atoms with Crippen LogP contribution in [0.25, 0.3) is 27.4 Å². The van der Waals surface area contributed by atoms with E-state index in [0.717, 1.165) is 38.8 Å². The largest absolute Gasteiger partial charge is 0.496 e. The molecule has 24 heavy (non-hydrogen) atoms. The predicted molar refractivity (Wildman–Crippen MR) is 99.9 cm³/mol. The van der Waals surface area contributed by atoms with Crippen LogP contribution in [0.3, 0.4) is 0 Å². The first-order valence-electron chi connectivity index (χ1n) is 7.50. The van der Waals surface area contributed by atoms with Gasteiger partial charge in [-0.25, -0.2) is 4.68 Å². The summed E-state index contributed by atoms with van der Waals surface area (Å²) in [6, 6.07) is 15.6. The van der Waals surface area contributed by atoms with Gasteiger partial charge in [-0.15, -0.1) is 0 Å². The van der Waals surface area contributed by atoms with Crippen molar-refractivity contribution in [3.8, 4) is 11.4 Å². The molecule has 5 heteroatoms. The van der Waals surface area contributed by atoms with E-state index in [2.05, 4.69) is 6.07 Å². The molecule has 0 radical (unpaired) electrons. The molecule has 3 aromatic carbocycles. The van der Waals surface area contributed by atoms with Crippen LogP contribution in [-0.4, -0.2) is 16.9 Å².